The fourth-order valence-corrected chi connectivity index (χ4v) is 3.99. The first-order valence-electron chi connectivity index (χ1n) is 10.8. The van der Waals surface area contributed by atoms with Gasteiger partial charge < -0.3 is 10.4 Å². The van der Waals surface area contributed by atoms with Crippen molar-refractivity contribution in [3.05, 3.63) is 71.0 Å². The van der Waals surface area contributed by atoms with E-state index >= 15 is 0 Å². The Kier molecular flexibility index (Phi) is 5.44. The highest BCUT2D eigenvalue weighted by Gasteiger charge is 2.21. The van der Waals surface area contributed by atoms with E-state index < -0.39 is 0 Å². The predicted octanol–water partition coefficient (Wildman–Crippen LogP) is 6.71. The Labute approximate surface area is 183 Å². The first-order valence-corrected chi connectivity index (χ1v) is 10.8. The Balaban J connectivity index is 1.95. The van der Waals surface area contributed by atoms with Crippen LogP contribution in [0.1, 0.15) is 61.8 Å². The summed E-state index contributed by atoms with van der Waals surface area (Å²) in [7, 11) is 0. The number of phenolic OH excluding ortho intramolecular Hbond substituents is 1. The molecule has 4 rings (SSSR count). The SMILES string of the molecule is Cc1ccc(Nc2c(-c3cc(C(C)C)c(O)c(C(C)C)c3)nc3ncccn23)c(C)c1. The van der Waals surface area contributed by atoms with Crippen molar-refractivity contribution in [1.29, 1.82) is 0 Å². The van der Waals surface area contributed by atoms with Crippen LogP contribution in [-0.4, -0.2) is 19.5 Å². The lowest BCUT2D eigenvalue weighted by Gasteiger charge is -2.18. The number of anilines is 2. The summed E-state index contributed by atoms with van der Waals surface area (Å²) in [4.78, 5) is 9.33. The van der Waals surface area contributed by atoms with Gasteiger partial charge in [-0.2, -0.15) is 0 Å². The Bertz CT molecular complexity index is 1220. The van der Waals surface area contributed by atoms with E-state index in [0.29, 0.717) is 11.5 Å². The van der Waals surface area contributed by atoms with Crippen LogP contribution in [0.5, 0.6) is 5.75 Å². The molecule has 0 fully saturated rings. The van der Waals surface area contributed by atoms with Gasteiger partial charge in [0, 0.05) is 23.6 Å². The van der Waals surface area contributed by atoms with Crippen molar-refractivity contribution in [2.75, 3.05) is 5.32 Å². The van der Waals surface area contributed by atoms with Crippen LogP contribution in [0.4, 0.5) is 11.5 Å². The third-order valence-corrected chi connectivity index (χ3v) is 5.73. The highest BCUT2D eigenvalue weighted by atomic mass is 16.3. The smallest absolute Gasteiger partial charge is 0.235 e. The number of benzene rings is 2. The van der Waals surface area contributed by atoms with Crippen LogP contribution < -0.4 is 5.32 Å². The molecular formula is C26H30N4O. The summed E-state index contributed by atoms with van der Waals surface area (Å²) in [5, 5.41) is 14.5. The van der Waals surface area contributed by atoms with E-state index in [-0.39, 0.29) is 11.8 Å². The zero-order valence-corrected chi connectivity index (χ0v) is 19.1. The summed E-state index contributed by atoms with van der Waals surface area (Å²) in [6, 6.07) is 12.4. The molecule has 5 heteroatoms. The minimum atomic E-state index is 0.198. The molecule has 2 aromatic carbocycles. The summed E-state index contributed by atoms with van der Waals surface area (Å²) in [5.74, 6) is 2.28. The van der Waals surface area contributed by atoms with Crippen molar-refractivity contribution < 1.29 is 5.11 Å². The van der Waals surface area contributed by atoms with Gasteiger partial charge in [0.05, 0.1) is 0 Å². The van der Waals surface area contributed by atoms with Gasteiger partial charge in [-0.15, -0.1) is 0 Å². The second kappa shape index (κ2) is 8.06. The molecule has 0 saturated carbocycles. The highest BCUT2D eigenvalue weighted by molar-refractivity contribution is 5.81. The molecule has 160 valence electrons. The topological polar surface area (TPSA) is 62.5 Å². The molecule has 4 aromatic rings. The number of imidazole rings is 1. The fourth-order valence-electron chi connectivity index (χ4n) is 3.99. The summed E-state index contributed by atoms with van der Waals surface area (Å²) < 4.78 is 1.98. The Hall–Kier alpha value is -3.34. The molecule has 0 saturated heterocycles. The van der Waals surface area contributed by atoms with Crippen molar-refractivity contribution in [1.82, 2.24) is 14.4 Å². The number of hydrogen-bond acceptors (Lipinski definition) is 4. The maximum atomic E-state index is 10.9. The quantitative estimate of drug-likeness (QED) is 0.381. The predicted molar refractivity (Wildman–Crippen MR) is 127 cm³/mol. The highest BCUT2D eigenvalue weighted by Crippen LogP contribution is 2.40. The van der Waals surface area contributed by atoms with Gasteiger partial charge in [-0.3, -0.25) is 4.40 Å². The number of phenols is 1. The molecule has 0 atom stereocenters. The second-order valence-electron chi connectivity index (χ2n) is 8.85. The molecule has 0 aliphatic heterocycles. The minimum Gasteiger partial charge on any atom is -0.507 e. The van der Waals surface area contributed by atoms with Crippen molar-refractivity contribution >= 4 is 17.3 Å². The number of aromatic nitrogens is 3. The average molecular weight is 415 g/mol. The average Bonchev–Trinajstić information content (AvgIpc) is 3.08. The van der Waals surface area contributed by atoms with Crippen molar-refractivity contribution in [2.24, 2.45) is 0 Å². The third-order valence-electron chi connectivity index (χ3n) is 5.73. The summed E-state index contributed by atoms with van der Waals surface area (Å²) in [6.07, 6.45) is 3.72. The largest absolute Gasteiger partial charge is 0.507 e. The van der Waals surface area contributed by atoms with Crippen LogP contribution in [0.15, 0.2) is 48.8 Å². The van der Waals surface area contributed by atoms with E-state index in [2.05, 4.69) is 82.2 Å². The molecule has 0 spiro atoms. The van der Waals surface area contributed by atoms with Crippen LogP contribution in [0.3, 0.4) is 0 Å². The summed E-state index contributed by atoms with van der Waals surface area (Å²) in [6.45, 7) is 12.6. The molecule has 5 nitrogen and oxygen atoms in total. The molecule has 2 heterocycles. The zero-order chi connectivity index (χ0) is 22.3. The van der Waals surface area contributed by atoms with E-state index in [1.54, 1.807) is 6.20 Å². The number of hydrogen-bond donors (Lipinski definition) is 2. The Morgan fingerprint density at radius 1 is 0.968 bits per heavy atom. The van der Waals surface area contributed by atoms with Crippen LogP contribution in [0.2, 0.25) is 0 Å². The van der Waals surface area contributed by atoms with Crippen LogP contribution in [0.25, 0.3) is 17.0 Å². The maximum Gasteiger partial charge on any atom is 0.235 e. The maximum absolute atomic E-state index is 10.9. The van der Waals surface area contributed by atoms with Gasteiger partial charge in [-0.25, -0.2) is 9.97 Å². The lowest BCUT2D eigenvalue weighted by molar-refractivity contribution is 0.454. The molecule has 2 N–H and O–H groups in total. The van der Waals surface area contributed by atoms with Gasteiger partial charge >= 0.3 is 0 Å². The molecule has 0 bridgehead atoms. The number of rotatable bonds is 5. The fraction of sp³-hybridized carbons (Fsp3) is 0.308. The normalized spacial score (nSPS) is 11.6. The van der Waals surface area contributed by atoms with Crippen LogP contribution >= 0.6 is 0 Å². The van der Waals surface area contributed by atoms with Gasteiger partial charge in [-0.1, -0.05) is 45.4 Å². The number of fused-ring (bicyclic) bond motifs is 1. The van der Waals surface area contributed by atoms with Gasteiger partial charge in [0.2, 0.25) is 5.78 Å². The first kappa shape index (κ1) is 20.9. The molecular weight excluding hydrogens is 384 g/mol. The van der Waals surface area contributed by atoms with Gasteiger partial charge in [0.1, 0.15) is 17.3 Å². The van der Waals surface area contributed by atoms with E-state index in [0.717, 1.165) is 33.9 Å². The molecule has 0 aliphatic rings. The number of nitrogens with one attached hydrogen (secondary N) is 1. The molecule has 2 aromatic heterocycles. The standard InChI is InChI=1S/C26H30N4O/c1-15(2)20-13-19(14-21(16(3)4)24(20)31)23-25(30-11-7-10-27-26(30)29-23)28-22-9-8-17(5)12-18(22)6/h7-16,28,31H,1-6H3. The Morgan fingerprint density at radius 2 is 1.65 bits per heavy atom. The molecule has 0 aliphatic carbocycles. The molecule has 0 radical (unpaired) electrons. The van der Waals surface area contributed by atoms with E-state index in [1.807, 2.05) is 16.7 Å². The van der Waals surface area contributed by atoms with E-state index in [4.69, 9.17) is 4.98 Å². The van der Waals surface area contributed by atoms with Crippen LogP contribution in [-0.2, 0) is 0 Å². The molecule has 0 amide bonds. The molecule has 0 unspecified atom stereocenters. The van der Waals surface area contributed by atoms with Crippen molar-refractivity contribution in [2.45, 2.75) is 53.4 Å². The van der Waals surface area contributed by atoms with Gasteiger partial charge in [0.15, 0.2) is 0 Å². The van der Waals surface area contributed by atoms with E-state index in [1.165, 1.54) is 11.1 Å². The zero-order valence-electron chi connectivity index (χ0n) is 19.1. The summed E-state index contributed by atoms with van der Waals surface area (Å²) in [5.41, 5.74) is 7.09. The number of aryl methyl sites for hydroxylation is 2. The molecule has 31 heavy (non-hydrogen) atoms. The van der Waals surface area contributed by atoms with Crippen LogP contribution in [0, 0.1) is 13.8 Å². The van der Waals surface area contributed by atoms with Gasteiger partial charge in [0.25, 0.3) is 0 Å². The number of nitrogens with zero attached hydrogens (tertiary/aromatic N) is 3. The lowest BCUT2D eigenvalue weighted by atomic mass is 9.90. The van der Waals surface area contributed by atoms with Crippen molar-refractivity contribution in [3.8, 4) is 17.0 Å². The Morgan fingerprint density at radius 3 is 2.26 bits per heavy atom. The first-order chi connectivity index (χ1) is 14.8. The van der Waals surface area contributed by atoms with E-state index in [9.17, 15) is 5.11 Å². The van der Waals surface area contributed by atoms with Gasteiger partial charge in [-0.05, 0) is 66.6 Å². The number of aromatic hydroxyl groups is 1. The monoisotopic (exact) mass is 414 g/mol. The summed E-state index contributed by atoms with van der Waals surface area (Å²) >= 11 is 0. The lowest BCUT2D eigenvalue weighted by Crippen LogP contribution is -2.01. The minimum absolute atomic E-state index is 0.198. The third kappa shape index (κ3) is 3.88. The van der Waals surface area contributed by atoms with Crippen molar-refractivity contribution in [3.63, 3.8) is 0 Å². The second-order valence-corrected chi connectivity index (χ2v) is 8.85.